The van der Waals surface area contributed by atoms with E-state index >= 15 is 0 Å². The third-order valence-electron chi connectivity index (χ3n) is 2.62. The van der Waals surface area contributed by atoms with Crippen LogP contribution in [0, 0.1) is 19.3 Å². The second-order valence-electron chi connectivity index (χ2n) is 4.17. The Morgan fingerprint density at radius 3 is 2.58 bits per heavy atom. The van der Waals surface area contributed by atoms with Gasteiger partial charge in [-0.1, -0.05) is 35.5 Å². The summed E-state index contributed by atoms with van der Waals surface area (Å²) in [4.78, 5) is 6.20. The number of halogens is 1. The molecular weight excluding hydrogens is 278 g/mol. The van der Waals surface area contributed by atoms with Gasteiger partial charge in [-0.15, -0.1) is 0 Å². The SMILES string of the molecule is Cc1cc(Sc2ccccc2Cl)c(C(=N)N)c(C)n1. The lowest BCUT2D eigenvalue weighted by Crippen LogP contribution is -2.15. The highest BCUT2D eigenvalue weighted by molar-refractivity contribution is 7.99. The number of amidine groups is 1. The molecule has 5 heteroatoms. The van der Waals surface area contributed by atoms with E-state index in [0.29, 0.717) is 10.6 Å². The number of benzene rings is 1. The molecule has 0 spiro atoms. The highest BCUT2D eigenvalue weighted by Gasteiger charge is 2.13. The van der Waals surface area contributed by atoms with Gasteiger partial charge in [0, 0.05) is 21.2 Å². The maximum atomic E-state index is 7.70. The van der Waals surface area contributed by atoms with Crippen LogP contribution in [-0.4, -0.2) is 10.8 Å². The summed E-state index contributed by atoms with van der Waals surface area (Å²) in [6, 6.07) is 9.54. The van der Waals surface area contributed by atoms with Crippen LogP contribution in [0.3, 0.4) is 0 Å². The maximum Gasteiger partial charge on any atom is 0.125 e. The molecule has 0 saturated heterocycles. The zero-order chi connectivity index (χ0) is 14.0. The van der Waals surface area contributed by atoms with Crippen molar-refractivity contribution < 1.29 is 0 Å². The smallest absolute Gasteiger partial charge is 0.125 e. The number of nitrogens with one attached hydrogen (secondary N) is 1. The van der Waals surface area contributed by atoms with Gasteiger partial charge in [-0.05, 0) is 32.0 Å². The Morgan fingerprint density at radius 1 is 1.26 bits per heavy atom. The van der Waals surface area contributed by atoms with Gasteiger partial charge in [0.2, 0.25) is 0 Å². The Balaban J connectivity index is 2.51. The van der Waals surface area contributed by atoms with Gasteiger partial charge in [0.25, 0.3) is 0 Å². The number of nitrogens with two attached hydrogens (primary N) is 1. The topological polar surface area (TPSA) is 62.8 Å². The van der Waals surface area contributed by atoms with Crippen molar-refractivity contribution in [2.75, 3.05) is 0 Å². The first kappa shape index (κ1) is 13.9. The van der Waals surface area contributed by atoms with Crippen molar-refractivity contribution in [1.82, 2.24) is 4.98 Å². The molecule has 1 heterocycles. The first-order chi connectivity index (χ1) is 8.99. The summed E-state index contributed by atoms with van der Waals surface area (Å²) in [6.07, 6.45) is 0. The van der Waals surface area contributed by atoms with Crippen LogP contribution in [0.25, 0.3) is 0 Å². The standard InChI is InChI=1S/C14H14ClN3S/c1-8-7-12(13(14(16)17)9(2)18-8)19-11-6-4-3-5-10(11)15/h3-7H,1-2H3,(H3,16,17). The largest absolute Gasteiger partial charge is 0.384 e. The molecule has 0 unspecified atom stereocenters. The summed E-state index contributed by atoms with van der Waals surface area (Å²) in [5.74, 6) is 0.0274. The van der Waals surface area contributed by atoms with Crippen LogP contribution in [0.4, 0.5) is 0 Å². The normalized spacial score (nSPS) is 10.5. The zero-order valence-corrected chi connectivity index (χ0v) is 12.3. The van der Waals surface area contributed by atoms with Gasteiger partial charge < -0.3 is 5.73 Å². The average Bonchev–Trinajstić information content (AvgIpc) is 2.30. The van der Waals surface area contributed by atoms with E-state index in [2.05, 4.69) is 4.98 Å². The highest BCUT2D eigenvalue weighted by atomic mass is 35.5. The first-order valence-electron chi connectivity index (χ1n) is 5.74. The predicted octanol–water partition coefficient (Wildman–Crippen LogP) is 3.79. The van der Waals surface area contributed by atoms with Crippen LogP contribution in [0.2, 0.25) is 5.02 Å². The van der Waals surface area contributed by atoms with E-state index in [9.17, 15) is 0 Å². The van der Waals surface area contributed by atoms with Crippen molar-refractivity contribution in [2.24, 2.45) is 5.73 Å². The minimum Gasteiger partial charge on any atom is -0.384 e. The van der Waals surface area contributed by atoms with E-state index in [1.54, 1.807) is 0 Å². The Kier molecular flexibility index (Phi) is 4.12. The van der Waals surface area contributed by atoms with Crippen molar-refractivity contribution in [1.29, 1.82) is 5.41 Å². The van der Waals surface area contributed by atoms with E-state index in [4.69, 9.17) is 22.7 Å². The number of aryl methyl sites for hydroxylation is 2. The summed E-state index contributed by atoms with van der Waals surface area (Å²) in [5, 5.41) is 8.39. The number of nitrogens with zero attached hydrogens (tertiary/aromatic N) is 1. The molecule has 3 nitrogen and oxygen atoms in total. The van der Waals surface area contributed by atoms with E-state index in [1.165, 1.54) is 11.8 Å². The molecule has 0 atom stereocenters. The Bertz CT molecular complexity index is 641. The van der Waals surface area contributed by atoms with Crippen molar-refractivity contribution in [2.45, 2.75) is 23.6 Å². The lowest BCUT2D eigenvalue weighted by molar-refractivity contribution is 1.07. The molecule has 2 rings (SSSR count). The number of hydrogen-bond acceptors (Lipinski definition) is 3. The van der Waals surface area contributed by atoms with Gasteiger partial charge in [0.15, 0.2) is 0 Å². The molecule has 1 aromatic carbocycles. The van der Waals surface area contributed by atoms with Crippen molar-refractivity contribution in [3.8, 4) is 0 Å². The number of rotatable bonds is 3. The first-order valence-corrected chi connectivity index (χ1v) is 6.93. The van der Waals surface area contributed by atoms with Crippen molar-refractivity contribution in [3.63, 3.8) is 0 Å². The Labute approximate surface area is 121 Å². The molecule has 0 aliphatic rings. The molecule has 0 amide bonds. The molecule has 0 saturated carbocycles. The minimum absolute atomic E-state index is 0.0274. The monoisotopic (exact) mass is 291 g/mol. The van der Waals surface area contributed by atoms with E-state index in [-0.39, 0.29) is 5.84 Å². The van der Waals surface area contributed by atoms with Gasteiger partial charge in [-0.25, -0.2) is 0 Å². The Morgan fingerprint density at radius 2 is 1.95 bits per heavy atom. The third kappa shape index (κ3) is 3.08. The molecule has 19 heavy (non-hydrogen) atoms. The molecule has 0 bridgehead atoms. The van der Waals surface area contributed by atoms with E-state index in [1.807, 2.05) is 44.2 Å². The summed E-state index contributed by atoms with van der Waals surface area (Å²) < 4.78 is 0. The number of nitrogen functional groups attached to an aromatic ring is 1. The van der Waals surface area contributed by atoms with E-state index in [0.717, 1.165) is 21.2 Å². The predicted molar refractivity (Wildman–Crippen MR) is 80.3 cm³/mol. The molecule has 0 aliphatic heterocycles. The highest BCUT2D eigenvalue weighted by Crippen LogP contribution is 2.35. The lowest BCUT2D eigenvalue weighted by atomic mass is 10.1. The summed E-state index contributed by atoms with van der Waals surface area (Å²) in [6.45, 7) is 3.79. The van der Waals surface area contributed by atoms with E-state index < -0.39 is 0 Å². The molecule has 98 valence electrons. The van der Waals surface area contributed by atoms with Crippen LogP contribution in [0.1, 0.15) is 17.0 Å². The van der Waals surface area contributed by atoms with Crippen LogP contribution in [0.5, 0.6) is 0 Å². The Hall–Kier alpha value is -1.52. The van der Waals surface area contributed by atoms with Gasteiger partial charge in [-0.3, -0.25) is 10.4 Å². The maximum absolute atomic E-state index is 7.70. The summed E-state index contributed by atoms with van der Waals surface area (Å²) in [5.41, 5.74) is 8.00. The number of aromatic nitrogens is 1. The van der Waals surface area contributed by atoms with Crippen LogP contribution >= 0.6 is 23.4 Å². The number of hydrogen-bond donors (Lipinski definition) is 2. The second-order valence-corrected chi connectivity index (χ2v) is 5.66. The lowest BCUT2D eigenvalue weighted by Gasteiger charge is -2.12. The molecule has 1 aromatic heterocycles. The fourth-order valence-electron chi connectivity index (χ4n) is 1.85. The molecule has 3 N–H and O–H groups in total. The molecule has 0 aliphatic carbocycles. The average molecular weight is 292 g/mol. The van der Waals surface area contributed by atoms with Gasteiger partial charge in [0.05, 0.1) is 10.6 Å². The quantitative estimate of drug-likeness (QED) is 0.668. The molecule has 2 aromatic rings. The van der Waals surface area contributed by atoms with Gasteiger partial charge in [0.1, 0.15) is 5.84 Å². The van der Waals surface area contributed by atoms with Crippen LogP contribution in [-0.2, 0) is 0 Å². The second kappa shape index (κ2) is 5.63. The van der Waals surface area contributed by atoms with Crippen LogP contribution in [0.15, 0.2) is 40.1 Å². The molecular formula is C14H14ClN3S. The van der Waals surface area contributed by atoms with Crippen molar-refractivity contribution in [3.05, 3.63) is 52.3 Å². The summed E-state index contributed by atoms with van der Waals surface area (Å²) >= 11 is 7.67. The minimum atomic E-state index is 0.0274. The van der Waals surface area contributed by atoms with Gasteiger partial charge >= 0.3 is 0 Å². The number of pyridine rings is 1. The van der Waals surface area contributed by atoms with Crippen LogP contribution < -0.4 is 5.73 Å². The molecule has 0 radical (unpaired) electrons. The zero-order valence-electron chi connectivity index (χ0n) is 10.7. The molecule has 0 fully saturated rings. The summed E-state index contributed by atoms with van der Waals surface area (Å²) in [7, 11) is 0. The van der Waals surface area contributed by atoms with Crippen molar-refractivity contribution >= 4 is 29.2 Å². The fourth-order valence-corrected chi connectivity index (χ4v) is 3.24. The third-order valence-corrected chi connectivity index (χ3v) is 4.18. The van der Waals surface area contributed by atoms with Gasteiger partial charge in [-0.2, -0.15) is 0 Å². The fraction of sp³-hybridized carbons (Fsp3) is 0.143.